The first kappa shape index (κ1) is 26.6. The van der Waals surface area contributed by atoms with Gasteiger partial charge in [0.05, 0.1) is 0 Å². The molecule has 162 valence electrons. The lowest BCUT2D eigenvalue weighted by Gasteiger charge is -2.24. The minimum Gasteiger partial charge on any atom is -0.396 e. The Hall–Kier alpha value is -0.350. The molecule has 0 fully saturated rings. The third-order valence-corrected chi connectivity index (χ3v) is 5.83. The van der Waals surface area contributed by atoms with E-state index in [4.69, 9.17) is 17.3 Å². The molecule has 0 saturated heterocycles. The van der Waals surface area contributed by atoms with Crippen LogP contribution in [0.3, 0.4) is 0 Å². The minimum absolute atomic E-state index is 0.238. The summed E-state index contributed by atoms with van der Waals surface area (Å²) in [5.41, 5.74) is 0. The van der Waals surface area contributed by atoms with Crippen molar-refractivity contribution in [3.8, 4) is 0 Å². The van der Waals surface area contributed by atoms with Gasteiger partial charge in [0.1, 0.15) is 0 Å². The van der Waals surface area contributed by atoms with Gasteiger partial charge in [-0.3, -0.25) is 0 Å². The van der Waals surface area contributed by atoms with Crippen molar-refractivity contribution in [2.24, 2.45) is 0 Å². The van der Waals surface area contributed by atoms with Gasteiger partial charge in [0, 0.05) is 26.7 Å². The van der Waals surface area contributed by atoms with Crippen LogP contribution in [0, 0.1) is 0 Å². The molecule has 0 aliphatic heterocycles. The molecule has 0 saturated carbocycles. The Morgan fingerprint density at radius 1 is 0.667 bits per heavy atom. The fourth-order valence-electron chi connectivity index (χ4n) is 3.59. The molecule has 0 atom stereocenters. The number of nitrogens with zero attached hydrogens (tertiary/aromatic N) is 1. The third kappa shape index (κ3) is 18.8. The quantitative estimate of drug-likeness (QED) is 0.182. The number of aliphatic hydroxyl groups excluding tert-OH is 1. The predicted octanol–water partition coefficient (Wildman–Crippen LogP) is 6.44. The van der Waals surface area contributed by atoms with Crippen LogP contribution in [0.5, 0.6) is 0 Å². The summed E-state index contributed by atoms with van der Waals surface area (Å²) >= 11 is 5.33. The zero-order valence-electron chi connectivity index (χ0n) is 18.4. The summed E-state index contributed by atoms with van der Waals surface area (Å²) in [6, 6.07) is 0. The first-order valence-electron chi connectivity index (χ1n) is 11.8. The van der Waals surface area contributed by atoms with Gasteiger partial charge in [-0.2, -0.15) is 0 Å². The van der Waals surface area contributed by atoms with E-state index in [0.717, 1.165) is 24.6 Å². The maximum Gasteiger partial charge on any atom is 0.168 e. The molecular formula is C23H48N2OS. The van der Waals surface area contributed by atoms with Gasteiger partial charge in [0.25, 0.3) is 0 Å². The lowest BCUT2D eigenvalue weighted by Crippen LogP contribution is -2.39. The molecule has 0 rings (SSSR count). The molecule has 0 heterocycles. The minimum atomic E-state index is 0.238. The Kier molecular flexibility index (Phi) is 21.7. The molecule has 3 nitrogen and oxygen atoms in total. The van der Waals surface area contributed by atoms with E-state index < -0.39 is 0 Å². The van der Waals surface area contributed by atoms with E-state index in [1.165, 1.54) is 103 Å². The summed E-state index contributed by atoms with van der Waals surface area (Å²) in [5, 5.41) is 12.9. The molecule has 4 heteroatoms. The summed E-state index contributed by atoms with van der Waals surface area (Å²) in [6.07, 6.45) is 23.2. The first-order valence-corrected chi connectivity index (χ1v) is 12.2. The lowest BCUT2D eigenvalue weighted by molar-refractivity contribution is 0.265. The van der Waals surface area contributed by atoms with Gasteiger partial charge >= 0.3 is 0 Å². The molecular weight excluding hydrogens is 352 g/mol. The molecule has 0 aliphatic carbocycles. The summed E-state index contributed by atoms with van der Waals surface area (Å²) in [4.78, 5) is 2.19. The van der Waals surface area contributed by atoms with Crippen LogP contribution in [0.4, 0.5) is 0 Å². The number of nitrogens with one attached hydrogen (secondary N) is 1. The molecule has 0 amide bonds. The summed E-state index contributed by atoms with van der Waals surface area (Å²) in [5.74, 6) is 0. The van der Waals surface area contributed by atoms with Crippen LogP contribution >= 0.6 is 12.2 Å². The molecule has 0 bridgehead atoms. The summed E-state index contributed by atoms with van der Waals surface area (Å²) in [7, 11) is 1.88. The second-order valence-electron chi connectivity index (χ2n) is 7.92. The van der Waals surface area contributed by atoms with Crippen LogP contribution in [0.2, 0.25) is 0 Å². The Balaban J connectivity index is 3.31. The first-order chi connectivity index (χ1) is 13.3. The molecule has 27 heavy (non-hydrogen) atoms. The average molecular weight is 401 g/mol. The van der Waals surface area contributed by atoms with Crippen LogP contribution in [0.15, 0.2) is 0 Å². The second kappa shape index (κ2) is 21.9. The van der Waals surface area contributed by atoms with Crippen molar-refractivity contribution in [3.05, 3.63) is 0 Å². The number of unbranched alkanes of at least 4 members (excludes halogenated alkanes) is 15. The van der Waals surface area contributed by atoms with Crippen molar-refractivity contribution in [1.82, 2.24) is 10.2 Å². The highest BCUT2D eigenvalue weighted by Gasteiger charge is 2.06. The van der Waals surface area contributed by atoms with Crippen molar-refractivity contribution in [1.29, 1.82) is 0 Å². The fraction of sp³-hybridized carbons (Fsp3) is 0.957. The van der Waals surface area contributed by atoms with Gasteiger partial charge in [-0.25, -0.2) is 0 Å². The third-order valence-electron chi connectivity index (χ3n) is 5.37. The fourth-order valence-corrected chi connectivity index (χ4v) is 3.77. The Bertz CT molecular complexity index is 313. The molecule has 0 spiro atoms. The van der Waals surface area contributed by atoms with E-state index in [9.17, 15) is 0 Å². The Morgan fingerprint density at radius 3 is 1.41 bits per heavy atom. The molecule has 0 unspecified atom stereocenters. The van der Waals surface area contributed by atoms with Crippen molar-refractivity contribution >= 4 is 17.3 Å². The normalized spacial score (nSPS) is 10.9. The lowest BCUT2D eigenvalue weighted by atomic mass is 10.0. The number of aliphatic hydroxyl groups is 1. The number of hydrogen-bond donors (Lipinski definition) is 2. The maximum absolute atomic E-state index is 8.99. The van der Waals surface area contributed by atoms with Crippen molar-refractivity contribution < 1.29 is 5.11 Å². The van der Waals surface area contributed by atoms with Crippen LogP contribution in [0.1, 0.15) is 116 Å². The van der Waals surface area contributed by atoms with Gasteiger partial charge in [-0.05, 0) is 25.1 Å². The van der Waals surface area contributed by atoms with Gasteiger partial charge < -0.3 is 15.3 Å². The zero-order chi connectivity index (χ0) is 20.0. The van der Waals surface area contributed by atoms with Gasteiger partial charge in [-0.1, -0.05) is 103 Å². The van der Waals surface area contributed by atoms with Gasteiger partial charge in [0.15, 0.2) is 5.11 Å². The molecule has 0 radical (unpaired) electrons. The highest BCUT2D eigenvalue weighted by Crippen LogP contribution is 2.13. The van der Waals surface area contributed by atoms with Crippen LogP contribution in [0.25, 0.3) is 0 Å². The van der Waals surface area contributed by atoms with E-state index in [1.54, 1.807) is 0 Å². The highest BCUT2D eigenvalue weighted by molar-refractivity contribution is 7.80. The van der Waals surface area contributed by atoms with E-state index in [2.05, 4.69) is 17.1 Å². The van der Waals surface area contributed by atoms with Crippen LogP contribution in [-0.4, -0.2) is 41.9 Å². The van der Waals surface area contributed by atoms with E-state index >= 15 is 0 Å². The summed E-state index contributed by atoms with van der Waals surface area (Å²) < 4.78 is 0. The monoisotopic (exact) mass is 400 g/mol. The molecule has 0 aromatic heterocycles. The summed E-state index contributed by atoms with van der Waals surface area (Å²) in [6.45, 7) is 4.39. The largest absolute Gasteiger partial charge is 0.396 e. The van der Waals surface area contributed by atoms with Crippen molar-refractivity contribution in [2.75, 3.05) is 26.7 Å². The van der Waals surface area contributed by atoms with Crippen molar-refractivity contribution in [3.63, 3.8) is 0 Å². The van der Waals surface area contributed by atoms with E-state index in [1.807, 2.05) is 7.05 Å². The Morgan fingerprint density at radius 2 is 1.04 bits per heavy atom. The average Bonchev–Trinajstić information content (AvgIpc) is 2.69. The molecule has 0 aliphatic rings. The van der Waals surface area contributed by atoms with Gasteiger partial charge in [0.2, 0.25) is 0 Å². The standard InChI is InChI=1S/C23H48N2OS/c1-3-4-5-6-7-8-9-10-11-12-13-14-15-16-17-18-20-25(21-19-22-26)23(27)24-2/h26H,3-22H2,1-2H3,(H,24,27). The smallest absolute Gasteiger partial charge is 0.168 e. The van der Waals surface area contributed by atoms with Gasteiger partial charge in [-0.15, -0.1) is 0 Å². The molecule has 0 aromatic carbocycles. The zero-order valence-corrected chi connectivity index (χ0v) is 19.3. The SMILES string of the molecule is CCCCCCCCCCCCCCCCCCN(CCCO)C(=S)NC. The highest BCUT2D eigenvalue weighted by atomic mass is 32.1. The number of rotatable bonds is 20. The number of thiocarbonyl (C=S) groups is 1. The topological polar surface area (TPSA) is 35.5 Å². The molecule has 2 N–H and O–H groups in total. The maximum atomic E-state index is 8.99. The van der Waals surface area contributed by atoms with Crippen LogP contribution in [-0.2, 0) is 0 Å². The van der Waals surface area contributed by atoms with E-state index in [-0.39, 0.29) is 6.61 Å². The molecule has 0 aromatic rings. The van der Waals surface area contributed by atoms with Crippen LogP contribution < -0.4 is 5.32 Å². The predicted molar refractivity (Wildman–Crippen MR) is 124 cm³/mol. The van der Waals surface area contributed by atoms with E-state index in [0.29, 0.717) is 0 Å². The van der Waals surface area contributed by atoms with Crippen molar-refractivity contribution in [2.45, 2.75) is 116 Å². The second-order valence-corrected chi connectivity index (χ2v) is 8.31. The number of hydrogen-bond acceptors (Lipinski definition) is 2. The Labute approximate surface area is 175 Å².